The first-order valence-electron chi connectivity index (χ1n) is 9.93. The summed E-state index contributed by atoms with van der Waals surface area (Å²) in [5.41, 5.74) is 0.250. The molecule has 32 heavy (non-hydrogen) atoms. The number of sulfonamides is 1. The van der Waals surface area contributed by atoms with Gasteiger partial charge in [-0.25, -0.2) is 8.42 Å². The fraction of sp³-hybridized carbons (Fsp3) is 0.381. The summed E-state index contributed by atoms with van der Waals surface area (Å²) in [6, 6.07) is 6.78. The van der Waals surface area contributed by atoms with Crippen LogP contribution in [0.15, 0.2) is 35.2 Å². The summed E-state index contributed by atoms with van der Waals surface area (Å²) in [5.74, 6) is -0.180. The normalized spacial score (nSPS) is 15.1. The van der Waals surface area contributed by atoms with Gasteiger partial charge in [-0.3, -0.25) is 4.79 Å². The van der Waals surface area contributed by atoms with Gasteiger partial charge in [0.2, 0.25) is 15.9 Å². The summed E-state index contributed by atoms with van der Waals surface area (Å²) in [5, 5.41) is 3.47. The highest BCUT2D eigenvalue weighted by Gasteiger charge is 2.34. The van der Waals surface area contributed by atoms with E-state index in [1.165, 1.54) is 41.7 Å². The van der Waals surface area contributed by atoms with Crippen LogP contribution < -0.4 is 10.1 Å². The molecule has 0 bridgehead atoms. The largest absolute Gasteiger partial charge is 0.495 e. The van der Waals surface area contributed by atoms with Crippen molar-refractivity contribution in [1.29, 1.82) is 0 Å². The number of halogens is 4. The first kappa shape index (κ1) is 25.4. The molecule has 0 saturated heterocycles. The van der Waals surface area contributed by atoms with Gasteiger partial charge in [0, 0.05) is 6.04 Å². The molecule has 1 saturated carbocycles. The van der Waals surface area contributed by atoms with Crippen LogP contribution in [0.25, 0.3) is 0 Å². The summed E-state index contributed by atoms with van der Waals surface area (Å²) in [4.78, 5) is 12.9. The van der Waals surface area contributed by atoms with E-state index < -0.39 is 15.9 Å². The molecule has 6 nitrogen and oxygen atoms in total. The van der Waals surface area contributed by atoms with Gasteiger partial charge in [-0.15, -0.1) is 0 Å². The summed E-state index contributed by atoms with van der Waals surface area (Å²) >= 11 is 24.3. The van der Waals surface area contributed by atoms with Crippen LogP contribution in [0.2, 0.25) is 20.1 Å². The summed E-state index contributed by atoms with van der Waals surface area (Å²) in [6.07, 6.45) is 4.15. The second kappa shape index (κ2) is 10.8. The Morgan fingerprint density at radius 3 is 2.28 bits per heavy atom. The van der Waals surface area contributed by atoms with Gasteiger partial charge in [0.15, 0.2) is 0 Å². The lowest BCUT2D eigenvalue weighted by molar-refractivity contribution is -0.116. The Morgan fingerprint density at radius 1 is 1.00 bits per heavy atom. The van der Waals surface area contributed by atoms with Crippen LogP contribution in [0.4, 0.5) is 5.69 Å². The van der Waals surface area contributed by atoms with E-state index in [-0.39, 0.29) is 43.3 Å². The third-order valence-electron chi connectivity index (χ3n) is 5.30. The van der Waals surface area contributed by atoms with Crippen molar-refractivity contribution in [2.24, 2.45) is 0 Å². The number of hydrogen-bond acceptors (Lipinski definition) is 4. The molecule has 2 aromatic carbocycles. The Balaban J connectivity index is 1.90. The Kier molecular flexibility index (Phi) is 8.58. The number of nitrogens with zero attached hydrogens (tertiary/aromatic N) is 1. The lowest BCUT2D eigenvalue weighted by Crippen LogP contribution is -2.45. The summed E-state index contributed by atoms with van der Waals surface area (Å²) < 4.78 is 33.4. The standard InChI is InChI=1S/C21H22Cl4N2O4S/c1-31-20-8-7-14(9-18(20)25)32(29,30)27(13-5-3-2-4-6-13)12-21(28)26-19-11-16(23)15(22)10-17(19)24/h7-11,13H,2-6,12H2,1H3,(H,26,28). The van der Waals surface area contributed by atoms with Gasteiger partial charge < -0.3 is 10.1 Å². The maximum absolute atomic E-state index is 13.5. The van der Waals surface area contributed by atoms with Crippen molar-refractivity contribution in [3.63, 3.8) is 0 Å². The molecular weight excluding hydrogens is 518 g/mol. The molecule has 0 aromatic heterocycles. The van der Waals surface area contributed by atoms with Gasteiger partial charge in [-0.2, -0.15) is 4.31 Å². The van der Waals surface area contributed by atoms with Gasteiger partial charge in [-0.1, -0.05) is 65.7 Å². The highest BCUT2D eigenvalue weighted by atomic mass is 35.5. The maximum atomic E-state index is 13.5. The quantitative estimate of drug-likeness (QED) is 0.420. The van der Waals surface area contributed by atoms with Crippen molar-refractivity contribution in [2.45, 2.75) is 43.0 Å². The average Bonchev–Trinajstić information content (AvgIpc) is 2.76. The number of rotatable bonds is 7. The van der Waals surface area contributed by atoms with Gasteiger partial charge in [0.1, 0.15) is 5.75 Å². The van der Waals surface area contributed by atoms with Crippen LogP contribution in [-0.4, -0.2) is 38.3 Å². The third kappa shape index (κ3) is 5.82. The second-order valence-electron chi connectivity index (χ2n) is 7.43. The van der Waals surface area contributed by atoms with Crippen molar-refractivity contribution in [3.05, 3.63) is 50.4 Å². The molecule has 3 rings (SSSR count). The first-order valence-corrected chi connectivity index (χ1v) is 12.9. The molecule has 11 heteroatoms. The minimum Gasteiger partial charge on any atom is -0.495 e. The van der Waals surface area contributed by atoms with Crippen molar-refractivity contribution in [2.75, 3.05) is 19.0 Å². The number of hydrogen-bond donors (Lipinski definition) is 1. The van der Waals surface area contributed by atoms with E-state index in [0.29, 0.717) is 18.6 Å². The minimum absolute atomic E-state index is 0.00533. The van der Waals surface area contributed by atoms with Crippen molar-refractivity contribution in [1.82, 2.24) is 4.31 Å². The van der Waals surface area contributed by atoms with E-state index in [1.807, 2.05) is 0 Å². The molecule has 0 unspecified atom stereocenters. The van der Waals surface area contributed by atoms with Crippen molar-refractivity contribution >= 4 is 68.0 Å². The van der Waals surface area contributed by atoms with Crippen molar-refractivity contribution in [3.8, 4) is 5.75 Å². The molecule has 1 aliphatic carbocycles. The SMILES string of the molecule is COc1ccc(S(=O)(=O)N(CC(=O)Nc2cc(Cl)c(Cl)cc2Cl)C2CCCCC2)cc1Cl. The molecule has 1 aliphatic rings. The van der Waals surface area contributed by atoms with E-state index in [9.17, 15) is 13.2 Å². The molecule has 1 N–H and O–H groups in total. The van der Waals surface area contributed by atoms with Crippen LogP contribution >= 0.6 is 46.4 Å². The number of carbonyl (C=O) groups is 1. The maximum Gasteiger partial charge on any atom is 0.243 e. The van der Waals surface area contributed by atoms with Crippen LogP contribution in [0.3, 0.4) is 0 Å². The van der Waals surface area contributed by atoms with Gasteiger partial charge in [0.25, 0.3) is 0 Å². The topological polar surface area (TPSA) is 75.7 Å². The van der Waals surface area contributed by atoms with Gasteiger partial charge in [-0.05, 0) is 43.2 Å². The lowest BCUT2D eigenvalue weighted by atomic mass is 9.95. The zero-order valence-corrected chi connectivity index (χ0v) is 21.0. The zero-order valence-electron chi connectivity index (χ0n) is 17.2. The molecule has 1 amide bonds. The van der Waals surface area contributed by atoms with Gasteiger partial charge >= 0.3 is 0 Å². The number of benzene rings is 2. The number of nitrogens with one attached hydrogen (secondary N) is 1. The van der Waals surface area contributed by atoms with E-state index in [1.54, 1.807) is 0 Å². The molecule has 0 aliphatic heterocycles. The molecular formula is C21H22Cl4N2O4S. The number of carbonyl (C=O) groups excluding carboxylic acids is 1. The summed E-state index contributed by atoms with van der Waals surface area (Å²) in [6.45, 7) is -0.382. The molecule has 0 spiro atoms. The van der Waals surface area contributed by atoms with E-state index in [2.05, 4.69) is 5.32 Å². The number of methoxy groups -OCH3 is 1. The summed E-state index contributed by atoms with van der Waals surface area (Å²) in [7, 11) is -2.56. The third-order valence-corrected chi connectivity index (χ3v) is 8.52. The molecule has 0 heterocycles. The lowest BCUT2D eigenvalue weighted by Gasteiger charge is -2.33. The highest BCUT2D eigenvalue weighted by Crippen LogP contribution is 2.34. The number of ether oxygens (including phenoxy) is 1. The zero-order chi connectivity index (χ0) is 23.5. The Labute approximate surface area is 207 Å². The molecule has 174 valence electrons. The Hall–Kier alpha value is -1.22. The molecule has 1 fully saturated rings. The van der Waals surface area contributed by atoms with Crippen LogP contribution in [0.1, 0.15) is 32.1 Å². The highest BCUT2D eigenvalue weighted by molar-refractivity contribution is 7.89. The molecule has 0 radical (unpaired) electrons. The predicted molar refractivity (Wildman–Crippen MR) is 129 cm³/mol. The van der Waals surface area contributed by atoms with E-state index in [4.69, 9.17) is 51.1 Å². The molecule has 0 atom stereocenters. The smallest absolute Gasteiger partial charge is 0.243 e. The monoisotopic (exact) mass is 538 g/mol. The fourth-order valence-electron chi connectivity index (χ4n) is 3.67. The first-order chi connectivity index (χ1) is 15.1. The van der Waals surface area contributed by atoms with Crippen LogP contribution in [-0.2, 0) is 14.8 Å². The second-order valence-corrected chi connectivity index (χ2v) is 11.0. The number of amides is 1. The average molecular weight is 540 g/mol. The Bertz CT molecular complexity index is 1110. The number of anilines is 1. The van der Waals surface area contributed by atoms with E-state index in [0.717, 1.165) is 19.3 Å². The van der Waals surface area contributed by atoms with Gasteiger partial charge in [0.05, 0.1) is 44.3 Å². The predicted octanol–water partition coefficient (Wildman–Crippen LogP) is 6.27. The van der Waals surface area contributed by atoms with Crippen molar-refractivity contribution < 1.29 is 17.9 Å². The minimum atomic E-state index is -4.01. The fourth-order valence-corrected chi connectivity index (χ4v) is 6.26. The van der Waals surface area contributed by atoms with Crippen LogP contribution in [0, 0.1) is 0 Å². The van der Waals surface area contributed by atoms with Crippen LogP contribution in [0.5, 0.6) is 5.75 Å². The Morgan fingerprint density at radius 2 is 1.66 bits per heavy atom. The van der Waals surface area contributed by atoms with E-state index >= 15 is 0 Å². The molecule has 2 aromatic rings.